The Bertz CT molecular complexity index is 830. The van der Waals surface area contributed by atoms with Crippen molar-refractivity contribution < 1.29 is 14.6 Å². The van der Waals surface area contributed by atoms with Gasteiger partial charge in [-0.2, -0.15) is 0 Å². The molecule has 2 aromatic carbocycles. The third-order valence-corrected chi connectivity index (χ3v) is 3.00. The molecule has 1 heterocycles. The molecule has 90 valence electrons. The summed E-state index contributed by atoms with van der Waals surface area (Å²) >= 11 is 0. The second-order valence-electron chi connectivity index (χ2n) is 4.19. The predicted molar refractivity (Wildman–Crippen MR) is 68.1 cm³/mol. The summed E-state index contributed by atoms with van der Waals surface area (Å²) in [6, 6.07) is 8.16. The van der Waals surface area contributed by atoms with Crippen LogP contribution in [0.3, 0.4) is 0 Å². The number of hydrogen-bond acceptors (Lipinski definition) is 4. The molecule has 0 unspecified atom stereocenters. The van der Waals surface area contributed by atoms with Crippen molar-refractivity contribution in [3.63, 3.8) is 0 Å². The quantitative estimate of drug-likeness (QED) is 0.469. The first-order chi connectivity index (χ1) is 8.59. The summed E-state index contributed by atoms with van der Waals surface area (Å²) in [6.45, 7) is 1.69. The lowest BCUT2D eigenvalue weighted by Gasteiger charge is -2.06. The Labute approximate surface area is 102 Å². The van der Waals surface area contributed by atoms with Crippen molar-refractivity contribution in [2.45, 2.75) is 6.92 Å². The van der Waals surface area contributed by atoms with Gasteiger partial charge in [0, 0.05) is 0 Å². The second-order valence-corrected chi connectivity index (χ2v) is 4.19. The highest BCUT2D eigenvalue weighted by molar-refractivity contribution is 5.95. The van der Waals surface area contributed by atoms with Gasteiger partial charge in [0.15, 0.2) is 11.3 Å². The zero-order valence-corrected chi connectivity index (χ0v) is 9.60. The number of para-hydroxylation sites is 1. The number of phenolic OH excluding ortho intramolecular Hbond substituents is 2. The largest absolute Gasteiger partial charge is 0.504 e. The number of benzene rings is 2. The summed E-state index contributed by atoms with van der Waals surface area (Å²) in [5.41, 5.74) is 0.769. The van der Waals surface area contributed by atoms with Crippen molar-refractivity contribution in [3.05, 3.63) is 46.1 Å². The Kier molecular flexibility index (Phi) is 2.07. The Balaban J connectivity index is 2.69. The van der Waals surface area contributed by atoms with Gasteiger partial charge in [0.25, 0.3) is 0 Å². The molecule has 0 aliphatic rings. The number of phenols is 2. The third kappa shape index (κ3) is 1.29. The summed E-state index contributed by atoms with van der Waals surface area (Å²) in [5.74, 6) is -0.697. The van der Waals surface area contributed by atoms with Crippen LogP contribution in [-0.4, -0.2) is 10.2 Å². The number of aryl methyl sites for hydroxylation is 1. The lowest BCUT2D eigenvalue weighted by molar-refractivity contribution is 0.401. The van der Waals surface area contributed by atoms with Gasteiger partial charge < -0.3 is 14.6 Å². The molecular formula is C14H10O4. The van der Waals surface area contributed by atoms with Crippen molar-refractivity contribution in [3.8, 4) is 11.5 Å². The molecule has 18 heavy (non-hydrogen) atoms. The molecule has 3 rings (SSSR count). The van der Waals surface area contributed by atoms with Crippen LogP contribution in [0.1, 0.15) is 5.56 Å². The van der Waals surface area contributed by atoms with Crippen LogP contribution in [0, 0.1) is 6.92 Å². The number of fused-ring (bicyclic) bond motifs is 2. The standard InChI is InChI=1S/C14H10O4/c1-7-6-9(15)13(17)14-11(7)12(16)8-4-2-3-5-10(8)18-14/h2-6,15,17H,1H3. The SMILES string of the molecule is Cc1cc(O)c(O)c2oc3ccccc3c(=O)c12. The van der Waals surface area contributed by atoms with Gasteiger partial charge in [-0.3, -0.25) is 4.79 Å². The van der Waals surface area contributed by atoms with E-state index in [1.807, 2.05) is 0 Å². The van der Waals surface area contributed by atoms with E-state index in [1.165, 1.54) is 6.07 Å². The first kappa shape index (κ1) is 10.7. The molecule has 3 aromatic rings. The maximum atomic E-state index is 12.3. The molecular weight excluding hydrogens is 232 g/mol. The van der Waals surface area contributed by atoms with E-state index in [9.17, 15) is 15.0 Å². The van der Waals surface area contributed by atoms with Crippen molar-refractivity contribution in [1.29, 1.82) is 0 Å². The predicted octanol–water partition coefficient (Wildman–Crippen LogP) is 2.67. The van der Waals surface area contributed by atoms with Crippen molar-refractivity contribution in [2.75, 3.05) is 0 Å². The van der Waals surface area contributed by atoms with E-state index in [1.54, 1.807) is 31.2 Å². The van der Waals surface area contributed by atoms with E-state index in [0.29, 0.717) is 21.9 Å². The van der Waals surface area contributed by atoms with E-state index in [2.05, 4.69) is 0 Å². The van der Waals surface area contributed by atoms with Crippen molar-refractivity contribution in [2.24, 2.45) is 0 Å². The van der Waals surface area contributed by atoms with Crippen LogP contribution < -0.4 is 5.43 Å². The van der Waals surface area contributed by atoms with Crippen LogP contribution in [0.25, 0.3) is 21.9 Å². The van der Waals surface area contributed by atoms with Crippen molar-refractivity contribution in [1.82, 2.24) is 0 Å². The van der Waals surface area contributed by atoms with Crippen LogP contribution in [0.5, 0.6) is 11.5 Å². The molecule has 0 aliphatic carbocycles. The molecule has 0 saturated heterocycles. The first-order valence-electron chi connectivity index (χ1n) is 5.46. The van der Waals surface area contributed by atoms with Gasteiger partial charge in [0.2, 0.25) is 11.2 Å². The zero-order valence-electron chi connectivity index (χ0n) is 9.60. The monoisotopic (exact) mass is 242 g/mol. The Morgan fingerprint density at radius 3 is 2.67 bits per heavy atom. The maximum Gasteiger partial charge on any atom is 0.201 e. The normalized spacial score (nSPS) is 11.2. The molecule has 0 fully saturated rings. The van der Waals surface area contributed by atoms with Crippen molar-refractivity contribution >= 4 is 21.9 Å². The average molecular weight is 242 g/mol. The Hall–Kier alpha value is -2.49. The van der Waals surface area contributed by atoms with Gasteiger partial charge in [-0.15, -0.1) is 0 Å². The van der Waals surface area contributed by atoms with Gasteiger partial charge in [-0.05, 0) is 30.7 Å². The third-order valence-electron chi connectivity index (χ3n) is 3.00. The second kappa shape index (κ2) is 3.50. The van der Waals surface area contributed by atoms with Crippen LogP contribution >= 0.6 is 0 Å². The Morgan fingerprint density at radius 2 is 1.89 bits per heavy atom. The molecule has 0 saturated carbocycles. The molecule has 0 bridgehead atoms. The number of hydrogen-bond donors (Lipinski definition) is 2. The lowest BCUT2D eigenvalue weighted by Crippen LogP contribution is -2.03. The maximum absolute atomic E-state index is 12.3. The van der Waals surface area contributed by atoms with Crippen LogP contribution in [0.15, 0.2) is 39.5 Å². The molecule has 0 atom stereocenters. The molecule has 4 nitrogen and oxygen atoms in total. The first-order valence-corrected chi connectivity index (χ1v) is 5.46. The molecule has 2 N–H and O–H groups in total. The fourth-order valence-corrected chi connectivity index (χ4v) is 2.13. The molecule has 0 radical (unpaired) electrons. The topological polar surface area (TPSA) is 70.7 Å². The van der Waals surface area contributed by atoms with Gasteiger partial charge >= 0.3 is 0 Å². The average Bonchev–Trinajstić information content (AvgIpc) is 2.36. The van der Waals surface area contributed by atoms with Gasteiger partial charge in [0.1, 0.15) is 5.58 Å². The van der Waals surface area contributed by atoms with Gasteiger partial charge in [-0.1, -0.05) is 12.1 Å². The van der Waals surface area contributed by atoms with E-state index in [0.717, 1.165) is 0 Å². The summed E-state index contributed by atoms with van der Waals surface area (Å²) in [5, 5.41) is 20.1. The minimum Gasteiger partial charge on any atom is -0.504 e. The minimum absolute atomic E-state index is 0.0243. The highest BCUT2D eigenvalue weighted by Crippen LogP contribution is 2.35. The summed E-state index contributed by atoms with van der Waals surface area (Å²) in [4.78, 5) is 12.3. The lowest BCUT2D eigenvalue weighted by atomic mass is 10.1. The van der Waals surface area contributed by atoms with Gasteiger partial charge in [0.05, 0.1) is 10.8 Å². The van der Waals surface area contributed by atoms with E-state index >= 15 is 0 Å². The van der Waals surface area contributed by atoms with Gasteiger partial charge in [-0.25, -0.2) is 0 Å². The molecule has 0 aliphatic heterocycles. The van der Waals surface area contributed by atoms with E-state index in [-0.39, 0.29) is 16.8 Å². The molecule has 1 aromatic heterocycles. The summed E-state index contributed by atoms with van der Waals surface area (Å²) < 4.78 is 5.51. The smallest absolute Gasteiger partial charge is 0.201 e. The highest BCUT2D eigenvalue weighted by atomic mass is 16.4. The zero-order chi connectivity index (χ0) is 12.9. The fourth-order valence-electron chi connectivity index (χ4n) is 2.13. The minimum atomic E-state index is -0.404. The van der Waals surface area contributed by atoms with Crippen LogP contribution in [0.4, 0.5) is 0 Å². The Morgan fingerprint density at radius 1 is 1.17 bits per heavy atom. The molecule has 0 spiro atoms. The fraction of sp³-hybridized carbons (Fsp3) is 0.0714. The summed E-state index contributed by atoms with van der Waals surface area (Å²) in [6.07, 6.45) is 0. The highest BCUT2D eigenvalue weighted by Gasteiger charge is 2.16. The summed E-state index contributed by atoms with van der Waals surface area (Å²) in [7, 11) is 0. The molecule has 0 amide bonds. The van der Waals surface area contributed by atoms with Crippen LogP contribution in [-0.2, 0) is 0 Å². The number of rotatable bonds is 0. The number of aromatic hydroxyl groups is 2. The van der Waals surface area contributed by atoms with Crippen LogP contribution in [0.2, 0.25) is 0 Å². The van der Waals surface area contributed by atoms with E-state index in [4.69, 9.17) is 4.42 Å². The van der Waals surface area contributed by atoms with E-state index < -0.39 is 5.75 Å². The molecule has 4 heteroatoms.